The molecule has 0 aromatic heterocycles. The van der Waals surface area contributed by atoms with E-state index >= 15 is 0 Å². The number of primary amides is 1. The van der Waals surface area contributed by atoms with Crippen molar-refractivity contribution in [3.8, 4) is 0 Å². The molecule has 0 saturated carbocycles. The molecule has 0 heterocycles. The molecule has 2 amide bonds. The second-order valence-electron chi connectivity index (χ2n) is 4.28. The fourth-order valence-corrected chi connectivity index (χ4v) is 1.11. The SMILES string of the molecule is CN(C)C(=O)CCCCCC(N)=O.O=C(O)CC(=O)O. The zero-order valence-corrected chi connectivity index (χ0v) is 11.8. The molecular weight excluding hydrogens is 268 g/mol. The van der Waals surface area contributed by atoms with E-state index in [1.807, 2.05) is 0 Å². The van der Waals surface area contributed by atoms with Gasteiger partial charge in [0.05, 0.1) is 0 Å². The molecular formula is C12H22N2O6. The topological polar surface area (TPSA) is 138 Å². The number of unbranched alkanes of at least 4 members (excludes halogenated alkanes) is 2. The average Bonchev–Trinajstić information content (AvgIpc) is 2.26. The molecule has 4 N–H and O–H groups in total. The lowest BCUT2D eigenvalue weighted by molar-refractivity contribution is -0.147. The zero-order valence-electron chi connectivity index (χ0n) is 11.8. The van der Waals surface area contributed by atoms with E-state index in [-0.39, 0.29) is 11.8 Å². The fourth-order valence-electron chi connectivity index (χ4n) is 1.11. The summed E-state index contributed by atoms with van der Waals surface area (Å²) < 4.78 is 0. The van der Waals surface area contributed by atoms with Gasteiger partial charge in [-0.15, -0.1) is 0 Å². The van der Waals surface area contributed by atoms with Gasteiger partial charge >= 0.3 is 11.9 Å². The Bertz CT molecular complexity index is 329. The summed E-state index contributed by atoms with van der Waals surface area (Å²) in [6.45, 7) is 0. The van der Waals surface area contributed by atoms with Crippen molar-refractivity contribution in [2.75, 3.05) is 14.1 Å². The molecule has 116 valence electrons. The van der Waals surface area contributed by atoms with Crippen LogP contribution in [-0.2, 0) is 19.2 Å². The van der Waals surface area contributed by atoms with Crippen molar-refractivity contribution in [1.29, 1.82) is 0 Å². The molecule has 0 aliphatic carbocycles. The minimum atomic E-state index is -1.31. The van der Waals surface area contributed by atoms with E-state index in [1.165, 1.54) is 0 Å². The van der Waals surface area contributed by atoms with Crippen LogP contribution < -0.4 is 5.73 Å². The highest BCUT2D eigenvalue weighted by molar-refractivity contribution is 5.88. The number of aliphatic carboxylic acids is 2. The lowest BCUT2D eigenvalue weighted by atomic mass is 10.1. The Hall–Kier alpha value is -2.12. The van der Waals surface area contributed by atoms with Crippen LogP contribution in [0.1, 0.15) is 38.5 Å². The van der Waals surface area contributed by atoms with Gasteiger partial charge in [-0.05, 0) is 12.8 Å². The maximum atomic E-state index is 11.1. The molecule has 0 spiro atoms. The second kappa shape index (κ2) is 11.9. The Labute approximate surface area is 117 Å². The van der Waals surface area contributed by atoms with E-state index < -0.39 is 18.4 Å². The Morgan fingerprint density at radius 1 is 0.900 bits per heavy atom. The third-order valence-electron chi connectivity index (χ3n) is 2.12. The summed E-state index contributed by atoms with van der Waals surface area (Å²) in [5.41, 5.74) is 4.97. The fraction of sp³-hybridized carbons (Fsp3) is 0.667. The van der Waals surface area contributed by atoms with Gasteiger partial charge < -0.3 is 20.8 Å². The minimum absolute atomic E-state index is 0.138. The monoisotopic (exact) mass is 290 g/mol. The molecule has 0 fully saturated rings. The number of rotatable bonds is 8. The summed E-state index contributed by atoms with van der Waals surface area (Å²) in [6, 6.07) is 0. The lowest BCUT2D eigenvalue weighted by Gasteiger charge is -2.09. The van der Waals surface area contributed by atoms with Crippen LogP contribution in [-0.4, -0.2) is 53.0 Å². The van der Waals surface area contributed by atoms with Crippen LogP contribution in [0.3, 0.4) is 0 Å². The molecule has 0 aliphatic rings. The van der Waals surface area contributed by atoms with Gasteiger partial charge in [0.15, 0.2) is 0 Å². The molecule has 0 aromatic rings. The van der Waals surface area contributed by atoms with Crippen LogP contribution in [0.5, 0.6) is 0 Å². The number of nitrogens with two attached hydrogens (primary N) is 1. The zero-order chi connectivity index (χ0) is 16.1. The van der Waals surface area contributed by atoms with Gasteiger partial charge in [0.2, 0.25) is 11.8 Å². The molecule has 8 heteroatoms. The molecule has 0 radical (unpaired) electrons. The van der Waals surface area contributed by atoms with E-state index in [2.05, 4.69) is 0 Å². The summed E-state index contributed by atoms with van der Waals surface area (Å²) in [5.74, 6) is -2.75. The summed E-state index contributed by atoms with van der Waals surface area (Å²) in [5, 5.41) is 15.4. The van der Waals surface area contributed by atoms with Gasteiger partial charge in [-0.2, -0.15) is 0 Å². The molecule has 0 bridgehead atoms. The highest BCUT2D eigenvalue weighted by Crippen LogP contribution is 2.03. The van der Waals surface area contributed by atoms with Crippen LogP contribution in [0.4, 0.5) is 0 Å². The smallest absolute Gasteiger partial charge is 0.314 e. The van der Waals surface area contributed by atoms with Gasteiger partial charge in [-0.3, -0.25) is 19.2 Å². The molecule has 8 nitrogen and oxygen atoms in total. The molecule has 0 aromatic carbocycles. The first-order valence-corrected chi connectivity index (χ1v) is 6.08. The van der Waals surface area contributed by atoms with Gasteiger partial charge in [0.25, 0.3) is 0 Å². The Balaban J connectivity index is 0. The maximum Gasteiger partial charge on any atom is 0.314 e. The third kappa shape index (κ3) is 18.3. The van der Waals surface area contributed by atoms with Crippen LogP contribution >= 0.6 is 0 Å². The minimum Gasteiger partial charge on any atom is -0.481 e. The highest BCUT2D eigenvalue weighted by atomic mass is 16.4. The Morgan fingerprint density at radius 3 is 1.65 bits per heavy atom. The van der Waals surface area contributed by atoms with Crippen molar-refractivity contribution in [3.63, 3.8) is 0 Å². The van der Waals surface area contributed by atoms with Crippen molar-refractivity contribution in [1.82, 2.24) is 4.90 Å². The first-order valence-electron chi connectivity index (χ1n) is 6.08. The number of carbonyl (C=O) groups is 4. The predicted octanol–water partition coefficient (Wildman–Crippen LogP) is 0.0561. The van der Waals surface area contributed by atoms with Crippen molar-refractivity contribution < 1.29 is 29.4 Å². The number of nitrogens with zero attached hydrogens (tertiary/aromatic N) is 1. The van der Waals surface area contributed by atoms with Crippen LogP contribution in [0, 0.1) is 0 Å². The molecule has 20 heavy (non-hydrogen) atoms. The van der Waals surface area contributed by atoms with E-state index in [1.54, 1.807) is 19.0 Å². The summed E-state index contributed by atoms with van der Waals surface area (Å²) in [6.07, 6.45) is 2.70. The van der Waals surface area contributed by atoms with E-state index in [9.17, 15) is 19.2 Å². The number of carboxylic acid groups (broad SMARTS) is 2. The van der Waals surface area contributed by atoms with Gasteiger partial charge in [-0.1, -0.05) is 6.42 Å². The van der Waals surface area contributed by atoms with E-state index in [0.29, 0.717) is 12.8 Å². The number of carboxylic acids is 2. The Kier molecular flexibility index (Phi) is 12.1. The number of hydrogen-bond donors (Lipinski definition) is 3. The van der Waals surface area contributed by atoms with Gasteiger partial charge in [0, 0.05) is 26.9 Å². The normalized spacial score (nSPS) is 9.10. The molecule has 0 saturated heterocycles. The van der Waals surface area contributed by atoms with Crippen molar-refractivity contribution in [2.24, 2.45) is 5.73 Å². The predicted molar refractivity (Wildman–Crippen MR) is 70.9 cm³/mol. The number of amides is 2. The first-order chi connectivity index (χ1) is 9.16. The largest absolute Gasteiger partial charge is 0.481 e. The molecule has 0 rings (SSSR count). The maximum absolute atomic E-state index is 11.1. The third-order valence-corrected chi connectivity index (χ3v) is 2.12. The summed E-state index contributed by atoms with van der Waals surface area (Å²) in [4.78, 5) is 41.9. The molecule has 0 atom stereocenters. The van der Waals surface area contributed by atoms with Crippen molar-refractivity contribution in [3.05, 3.63) is 0 Å². The quantitative estimate of drug-likeness (QED) is 0.426. The van der Waals surface area contributed by atoms with Crippen LogP contribution in [0.2, 0.25) is 0 Å². The van der Waals surface area contributed by atoms with Gasteiger partial charge in [0.1, 0.15) is 6.42 Å². The second-order valence-corrected chi connectivity index (χ2v) is 4.28. The first kappa shape index (κ1) is 20.2. The van der Waals surface area contributed by atoms with Crippen molar-refractivity contribution in [2.45, 2.75) is 38.5 Å². The van der Waals surface area contributed by atoms with E-state index in [4.69, 9.17) is 15.9 Å². The molecule has 0 unspecified atom stereocenters. The van der Waals surface area contributed by atoms with Gasteiger partial charge in [-0.25, -0.2) is 0 Å². The van der Waals surface area contributed by atoms with Crippen LogP contribution in [0.25, 0.3) is 0 Å². The summed E-state index contributed by atoms with van der Waals surface area (Å²) in [7, 11) is 3.48. The standard InChI is InChI=1S/C9H18N2O2.C3H4O4/c1-11(2)9(13)7-5-3-4-6-8(10)12;4-2(5)1-3(6)7/h3-7H2,1-2H3,(H2,10,12);1H2,(H,4,5)(H,6,7). The van der Waals surface area contributed by atoms with Crippen molar-refractivity contribution >= 4 is 23.8 Å². The number of hydrogen-bond acceptors (Lipinski definition) is 4. The number of carbonyl (C=O) groups excluding carboxylic acids is 2. The highest BCUT2D eigenvalue weighted by Gasteiger charge is 2.03. The lowest BCUT2D eigenvalue weighted by Crippen LogP contribution is -2.21. The van der Waals surface area contributed by atoms with E-state index in [0.717, 1.165) is 19.3 Å². The van der Waals surface area contributed by atoms with Crippen LogP contribution in [0.15, 0.2) is 0 Å². The molecule has 0 aliphatic heterocycles. The summed E-state index contributed by atoms with van der Waals surface area (Å²) >= 11 is 0. The Morgan fingerprint density at radius 2 is 1.35 bits per heavy atom. The average molecular weight is 290 g/mol.